The molecule has 0 spiro atoms. The highest BCUT2D eigenvalue weighted by atomic mass is 32.1. The highest BCUT2D eigenvalue weighted by molar-refractivity contribution is 7.19. The van der Waals surface area contributed by atoms with Gasteiger partial charge in [0.25, 0.3) is 0 Å². The molecule has 0 radical (unpaired) electrons. The van der Waals surface area contributed by atoms with Gasteiger partial charge < -0.3 is 10.2 Å². The van der Waals surface area contributed by atoms with Crippen molar-refractivity contribution < 1.29 is 0 Å². The Balaban J connectivity index is 1.76. The summed E-state index contributed by atoms with van der Waals surface area (Å²) in [7, 11) is 0. The van der Waals surface area contributed by atoms with Gasteiger partial charge in [-0.25, -0.2) is 9.97 Å². The maximum absolute atomic E-state index is 4.67. The number of nitrogens with zero attached hydrogens (tertiary/aromatic N) is 3. The molecule has 0 saturated carbocycles. The number of aromatic nitrogens is 2. The number of hydrogen-bond donors (Lipinski definition) is 1. The fraction of sp³-hybridized carbons (Fsp3) is 0.667. The third-order valence-corrected chi connectivity index (χ3v) is 6.63. The Morgan fingerprint density at radius 1 is 1.22 bits per heavy atom. The molecule has 3 heterocycles. The van der Waals surface area contributed by atoms with E-state index in [0.717, 1.165) is 32.1 Å². The summed E-state index contributed by atoms with van der Waals surface area (Å²) < 4.78 is 0. The van der Waals surface area contributed by atoms with Crippen molar-refractivity contribution in [2.24, 2.45) is 11.3 Å². The molecular weight excluding hydrogens is 304 g/mol. The second kappa shape index (κ2) is 5.71. The van der Waals surface area contributed by atoms with Gasteiger partial charge in [0.2, 0.25) is 0 Å². The molecule has 5 heteroatoms. The van der Waals surface area contributed by atoms with E-state index in [2.05, 4.69) is 41.0 Å². The first kappa shape index (κ1) is 15.3. The summed E-state index contributed by atoms with van der Waals surface area (Å²) in [6.45, 7) is 11.3. The van der Waals surface area contributed by atoms with Crippen LogP contribution in [0.25, 0.3) is 10.2 Å². The van der Waals surface area contributed by atoms with Crippen molar-refractivity contribution in [3.05, 3.63) is 16.8 Å². The lowest BCUT2D eigenvalue weighted by Gasteiger charge is -2.34. The first-order valence-electron chi connectivity index (χ1n) is 8.75. The van der Waals surface area contributed by atoms with Crippen LogP contribution in [0, 0.1) is 11.3 Å². The van der Waals surface area contributed by atoms with Crippen molar-refractivity contribution in [1.82, 2.24) is 15.3 Å². The van der Waals surface area contributed by atoms with Crippen molar-refractivity contribution in [3.63, 3.8) is 0 Å². The number of piperazine rings is 1. The van der Waals surface area contributed by atoms with Crippen molar-refractivity contribution in [1.29, 1.82) is 0 Å². The van der Waals surface area contributed by atoms with Crippen molar-refractivity contribution in [2.75, 3.05) is 31.1 Å². The topological polar surface area (TPSA) is 41.1 Å². The minimum Gasteiger partial charge on any atom is -0.353 e. The van der Waals surface area contributed by atoms with Gasteiger partial charge in [0.05, 0.1) is 5.39 Å². The van der Waals surface area contributed by atoms with Crippen LogP contribution in [0.15, 0.2) is 6.33 Å². The van der Waals surface area contributed by atoms with E-state index in [-0.39, 0.29) is 0 Å². The Morgan fingerprint density at radius 3 is 2.74 bits per heavy atom. The summed E-state index contributed by atoms with van der Waals surface area (Å²) in [5, 5.41) is 4.78. The van der Waals surface area contributed by atoms with E-state index in [9.17, 15) is 0 Å². The predicted molar refractivity (Wildman–Crippen MR) is 97.5 cm³/mol. The van der Waals surface area contributed by atoms with Crippen LogP contribution in [0.4, 0.5) is 5.82 Å². The first-order valence-corrected chi connectivity index (χ1v) is 9.56. The Kier molecular flexibility index (Phi) is 3.81. The quantitative estimate of drug-likeness (QED) is 0.871. The zero-order chi connectivity index (χ0) is 16.0. The molecule has 0 bridgehead atoms. The van der Waals surface area contributed by atoms with Gasteiger partial charge in [-0.3, -0.25) is 0 Å². The summed E-state index contributed by atoms with van der Waals surface area (Å²) in [4.78, 5) is 14.4. The SMILES string of the molecule is CC(C)(C)[C@@H]1CCc2c(sc3ncnc(N4CCNCC4)c23)C1. The number of nitrogens with one attached hydrogen (secondary N) is 1. The normalized spacial score (nSPS) is 22.4. The molecule has 0 amide bonds. The molecule has 124 valence electrons. The van der Waals surface area contributed by atoms with Crippen LogP contribution in [0.1, 0.15) is 37.6 Å². The summed E-state index contributed by atoms with van der Waals surface area (Å²) in [6.07, 6.45) is 5.44. The van der Waals surface area contributed by atoms with Gasteiger partial charge in [-0.15, -0.1) is 11.3 Å². The molecule has 1 aliphatic heterocycles. The predicted octanol–water partition coefficient (Wildman–Crippen LogP) is 3.25. The highest BCUT2D eigenvalue weighted by Gasteiger charge is 2.32. The molecule has 1 aliphatic carbocycles. The summed E-state index contributed by atoms with van der Waals surface area (Å²) in [6, 6.07) is 0. The Labute approximate surface area is 142 Å². The molecule has 1 N–H and O–H groups in total. The highest BCUT2D eigenvalue weighted by Crippen LogP contribution is 2.44. The fourth-order valence-electron chi connectivity index (χ4n) is 3.95. The number of fused-ring (bicyclic) bond motifs is 3. The maximum atomic E-state index is 4.67. The van der Waals surface area contributed by atoms with Crippen molar-refractivity contribution in [3.8, 4) is 0 Å². The van der Waals surface area contributed by atoms with Gasteiger partial charge in [0.15, 0.2) is 0 Å². The maximum Gasteiger partial charge on any atom is 0.141 e. The molecule has 2 aromatic rings. The summed E-state index contributed by atoms with van der Waals surface area (Å²) in [5.74, 6) is 1.95. The average molecular weight is 331 g/mol. The van der Waals surface area contributed by atoms with Crippen LogP contribution in [0.5, 0.6) is 0 Å². The smallest absolute Gasteiger partial charge is 0.141 e. The lowest BCUT2D eigenvalue weighted by atomic mass is 9.72. The molecule has 1 saturated heterocycles. The zero-order valence-electron chi connectivity index (χ0n) is 14.4. The van der Waals surface area contributed by atoms with Gasteiger partial charge in [-0.2, -0.15) is 0 Å². The average Bonchev–Trinajstić information content (AvgIpc) is 2.92. The number of hydrogen-bond acceptors (Lipinski definition) is 5. The van der Waals surface area contributed by atoms with E-state index in [1.807, 2.05) is 11.3 Å². The monoisotopic (exact) mass is 330 g/mol. The minimum absolute atomic E-state index is 0.390. The summed E-state index contributed by atoms with van der Waals surface area (Å²) >= 11 is 1.90. The van der Waals surface area contributed by atoms with Gasteiger partial charge in [0.1, 0.15) is 17.0 Å². The molecule has 4 nitrogen and oxygen atoms in total. The van der Waals surface area contributed by atoms with Crippen molar-refractivity contribution >= 4 is 27.4 Å². The lowest BCUT2D eigenvalue weighted by Crippen LogP contribution is -2.44. The van der Waals surface area contributed by atoms with E-state index in [0.29, 0.717) is 5.41 Å². The first-order chi connectivity index (χ1) is 11.0. The lowest BCUT2D eigenvalue weighted by molar-refractivity contribution is 0.218. The Hall–Kier alpha value is -1.20. The van der Waals surface area contributed by atoms with E-state index >= 15 is 0 Å². The Morgan fingerprint density at radius 2 is 2.00 bits per heavy atom. The van der Waals surface area contributed by atoms with E-state index in [4.69, 9.17) is 0 Å². The molecular formula is C18H26N4S. The molecule has 1 atom stereocenters. The number of thiophene rings is 1. The zero-order valence-corrected chi connectivity index (χ0v) is 15.2. The summed E-state index contributed by atoms with van der Waals surface area (Å²) in [5.41, 5.74) is 1.93. The number of anilines is 1. The molecule has 2 aromatic heterocycles. The van der Waals surface area contributed by atoms with Gasteiger partial charge in [-0.1, -0.05) is 20.8 Å². The molecule has 23 heavy (non-hydrogen) atoms. The van der Waals surface area contributed by atoms with Gasteiger partial charge >= 0.3 is 0 Å². The van der Waals surface area contributed by atoms with Crippen LogP contribution in [0.2, 0.25) is 0 Å². The van der Waals surface area contributed by atoms with Crippen LogP contribution in [-0.2, 0) is 12.8 Å². The molecule has 0 unspecified atom stereocenters. The standard InChI is InChI=1S/C18H26N4S/c1-18(2,3)12-4-5-13-14(10-12)23-17-15(13)16(20-11-21-17)22-8-6-19-7-9-22/h11-12,19H,4-10H2,1-3H3/t12-/m1/s1. The van der Waals surface area contributed by atoms with E-state index in [1.165, 1.54) is 35.3 Å². The largest absolute Gasteiger partial charge is 0.353 e. The second-order valence-electron chi connectivity index (χ2n) is 7.92. The number of rotatable bonds is 1. The third-order valence-electron chi connectivity index (χ3n) is 5.47. The van der Waals surface area contributed by atoms with E-state index in [1.54, 1.807) is 16.8 Å². The Bertz CT molecular complexity index is 710. The van der Waals surface area contributed by atoms with E-state index < -0.39 is 0 Å². The third kappa shape index (κ3) is 2.74. The number of aryl methyl sites for hydroxylation is 1. The second-order valence-corrected chi connectivity index (χ2v) is 9.01. The van der Waals surface area contributed by atoms with Crippen LogP contribution in [0.3, 0.4) is 0 Å². The van der Waals surface area contributed by atoms with Gasteiger partial charge in [-0.05, 0) is 36.2 Å². The molecule has 1 fully saturated rings. The van der Waals surface area contributed by atoms with Crippen molar-refractivity contribution in [2.45, 2.75) is 40.0 Å². The van der Waals surface area contributed by atoms with Gasteiger partial charge in [0, 0.05) is 31.1 Å². The molecule has 4 rings (SSSR count). The van der Waals surface area contributed by atoms with Crippen LogP contribution < -0.4 is 10.2 Å². The van der Waals surface area contributed by atoms with Crippen LogP contribution in [-0.4, -0.2) is 36.1 Å². The minimum atomic E-state index is 0.390. The molecule has 2 aliphatic rings. The molecule has 0 aromatic carbocycles. The van der Waals surface area contributed by atoms with Crippen LogP contribution >= 0.6 is 11.3 Å². The fourth-order valence-corrected chi connectivity index (χ4v) is 5.21.